The molecular weight excluding hydrogens is 254 g/mol. The Balaban J connectivity index is 2.08. The molecule has 5 nitrogen and oxygen atoms in total. The molecule has 2 rings (SSSR count). The Bertz CT molecular complexity index is 647. The van der Waals surface area contributed by atoms with Gasteiger partial charge in [-0.15, -0.1) is 6.58 Å². The minimum atomic E-state index is -0.294. The largest absolute Gasteiger partial charge is 0.351 e. The van der Waals surface area contributed by atoms with Gasteiger partial charge < -0.3 is 10.6 Å². The maximum Gasteiger partial charge on any atom is 0.252 e. The topological polar surface area (TPSA) is 71.1 Å². The zero-order chi connectivity index (χ0) is 14.4. The first-order chi connectivity index (χ1) is 9.72. The summed E-state index contributed by atoms with van der Waals surface area (Å²) in [6.07, 6.45) is 3.16. The number of pyridine rings is 1. The molecule has 2 amide bonds. The molecule has 0 aliphatic heterocycles. The van der Waals surface area contributed by atoms with E-state index in [-0.39, 0.29) is 18.4 Å². The predicted molar refractivity (Wildman–Crippen MR) is 77.3 cm³/mol. The molecule has 0 atom stereocenters. The Hall–Kier alpha value is -2.69. The zero-order valence-corrected chi connectivity index (χ0v) is 10.9. The molecule has 2 N–H and O–H groups in total. The van der Waals surface area contributed by atoms with E-state index in [0.717, 1.165) is 10.9 Å². The summed E-state index contributed by atoms with van der Waals surface area (Å²) in [4.78, 5) is 27.7. The van der Waals surface area contributed by atoms with Crippen LogP contribution in [0, 0.1) is 0 Å². The van der Waals surface area contributed by atoms with Gasteiger partial charge in [0.05, 0.1) is 17.6 Å². The minimum Gasteiger partial charge on any atom is -0.351 e. The van der Waals surface area contributed by atoms with Gasteiger partial charge in [-0.05, 0) is 12.1 Å². The van der Waals surface area contributed by atoms with Crippen LogP contribution in [0.1, 0.15) is 10.4 Å². The fraction of sp³-hybridized carbons (Fsp3) is 0.133. The van der Waals surface area contributed by atoms with Crippen molar-refractivity contribution in [3.05, 3.63) is 54.7 Å². The number of benzene rings is 1. The highest BCUT2D eigenvalue weighted by Crippen LogP contribution is 2.15. The van der Waals surface area contributed by atoms with Crippen molar-refractivity contribution in [2.75, 3.05) is 13.1 Å². The van der Waals surface area contributed by atoms with E-state index < -0.39 is 0 Å². The van der Waals surface area contributed by atoms with Gasteiger partial charge in [0.25, 0.3) is 5.91 Å². The van der Waals surface area contributed by atoms with Crippen molar-refractivity contribution < 1.29 is 9.59 Å². The molecule has 0 aliphatic rings. The second-order valence-corrected chi connectivity index (χ2v) is 4.15. The zero-order valence-electron chi connectivity index (χ0n) is 10.9. The van der Waals surface area contributed by atoms with Gasteiger partial charge in [0.2, 0.25) is 5.91 Å². The van der Waals surface area contributed by atoms with E-state index in [1.54, 1.807) is 18.3 Å². The quantitative estimate of drug-likeness (QED) is 0.803. The number of hydrogen-bond acceptors (Lipinski definition) is 3. The summed E-state index contributed by atoms with van der Waals surface area (Å²) in [7, 11) is 0. The molecule has 1 aromatic carbocycles. The summed E-state index contributed by atoms with van der Waals surface area (Å²) in [6, 6.07) is 9.01. The molecule has 0 fully saturated rings. The Kier molecular flexibility index (Phi) is 4.44. The highest BCUT2D eigenvalue weighted by molar-refractivity contribution is 6.06. The number of aromatic nitrogens is 1. The third kappa shape index (κ3) is 3.20. The molecule has 0 saturated carbocycles. The Morgan fingerprint density at radius 1 is 1.20 bits per heavy atom. The van der Waals surface area contributed by atoms with Gasteiger partial charge in [-0.25, -0.2) is 0 Å². The van der Waals surface area contributed by atoms with Crippen LogP contribution in [0.4, 0.5) is 0 Å². The van der Waals surface area contributed by atoms with Crippen LogP contribution in [0.2, 0.25) is 0 Å². The number of carbonyl (C=O) groups excluding carboxylic acids is 2. The standard InChI is InChI=1S/C15H15N3O2/c1-2-8-17-14(19)10-18-15(20)12-7-9-16-13-6-4-3-5-11(12)13/h2-7,9H,1,8,10H2,(H,17,19)(H,18,20). The van der Waals surface area contributed by atoms with E-state index in [1.807, 2.05) is 24.3 Å². The highest BCUT2D eigenvalue weighted by Gasteiger charge is 2.11. The van der Waals surface area contributed by atoms with Crippen LogP contribution in [0.3, 0.4) is 0 Å². The maximum absolute atomic E-state index is 12.1. The number of para-hydroxylation sites is 1. The van der Waals surface area contributed by atoms with Crippen LogP contribution in [0.15, 0.2) is 49.2 Å². The van der Waals surface area contributed by atoms with Crippen molar-refractivity contribution in [1.29, 1.82) is 0 Å². The van der Waals surface area contributed by atoms with E-state index in [4.69, 9.17) is 0 Å². The summed E-state index contributed by atoms with van der Waals surface area (Å²) < 4.78 is 0. The Morgan fingerprint density at radius 3 is 2.80 bits per heavy atom. The first-order valence-corrected chi connectivity index (χ1v) is 6.22. The van der Waals surface area contributed by atoms with Crippen molar-refractivity contribution in [2.45, 2.75) is 0 Å². The lowest BCUT2D eigenvalue weighted by atomic mass is 10.1. The molecule has 0 saturated heterocycles. The minimum absolute atomic E-state index is 0.0661. The van der Waals surface area contributed by atoms with Crippen molar-refractivity contribution in [2.24, 2.45) is 0 Å². The molecule has 0 radical (unpaired) electrons. The summed E-state index contributed by atoms with van der Waals surface area (Å²) in [5.41, 5.74) is 1.25. The van der Waals surface area contributed by atoms with Crippen LogP contribution in [-0.2, 0) is 4.79 Å². The number of fused-ring (bicyclic) bond motifs is 1. The molecule has 0 spiro atoms. The summed E-state index contributed by atoms with van der Waals surface area (Å²) >= 11 is 0. The molecule has 5 heteroatoms. The van der Waals surface area contributed by atoms with Gasteiger partial charge in [-0.2, -0.15) is 0 Å². The van der Waals surface area contributed by atoms with Crippen LogP contribution in [0.25, 0.3) is 10.9 Å². The summed E-state index contributed by atoms with van der Waals surface area (Å²) in [5.74, 6) is -0.547. The van der Waals surface area contributed by atoms with E-state index in [0.29, 0.717) is 12.1 Å². The Morgan fingerprint density at radius 2 is 2.00 bits per heavy atom. The van der Waals surface area contributed by atoms with Crippen molar-refractivity contribution in [1.82, 2.24) is 15.6 Å². The highest BCUT2D eigenvalue weighted by atomic mass is 16.2. The number of hydrogen-bond donors (Lipinski definition) is 2. The van der Waals surface area contributed by atoms with Gasteiger partial charge in [0.1, 0.15) is 0 Å². The number of nitrogens with zero attached hydrogens (tertiary/aromatic N) is 1. The number of nitrogens with one attached hydrogen (secondary N) is 2. The molecule has 102 valence electrons. The molecular formula is C15H15N3O2. The molecule has 0 bridgehead atoms. The summed E-state index contributed by atoms with van der Waals surface area (Å²) in [6.45, 7) is 3.82. The second-order valence-electron chi connectivity index (χ2n) is 4.15. The molecule has 2 aromatic rings. The van der Waals surface area contributed by atoms with Crippen LogP contribution >= 0.6 is 0 Å². The van der Waals surface area contributed by atoms with Gasteiger partial charge in [0.15, 0.2) is 0 Å². The lowest BCUT2D eigenvalue weighted by Gasteiger charge is -2.07. The first kappa shape index (κ1) is 13.7. The molecule has 20 heavy (non-hydrogen) atoms. The second kappa shape index (κ2) is 6.47. The van der Waals surface area contributed by atoms with E-state index in [1.165, 1.54) is 0 Å². The maximum atomic E-state index is 12.1. The smallest absolute Gasteiger partial charge is 0.252 e. The van der Waals surface area contributed by atoms with Crippen molar-refractivity contribution in [3.8, 4) is 0 Å². The van der Waals surface area contributed by atoms with E-state index in [2.05, 4.69) is 22.2 Å². The number of carbonyl (C=O) groups is 2. The van der Waals surface area contributed by atoms with Crippen molar-refractivity contribution in [3.63, 3.8) is 0 Å². The fourth-order valence-electron chi connectivity index (χ4n) is 1.80. The third-order valence-corrected chi connectivity index (χ3v) is 2.75. The van der Waals surface area contributed by atoms with E-state index >= 15 is 0 Å². The van der Waals surface area contributed by atoms with Gasteiger partial charge in [-0.3, -0.25) is 14.6 Å². The fourth-order valence-corrected chi connectivity index (χ4v) is 1.80. The molecule has 1 aromatic heterocycles. The molecule has 0 aliphatic carbocycles. The Labute approximate surface area is 116 Å². The monoisotopic (exact) mass is 269 g/mol. The average molecular weight is 269 g/mol. The predicted octanol–water partition coefficient (Wildman–Crippen LogP) is 1.27. The van der Waals surface area contributed by atoms with Crippen molar-refractivity contribution >= 4 is 22.7 Å². The van der Waals surface area contributed by atoms with Crippen LogP contribution in [0.5, 0.6) is 0 Å². The molecule has 0 unspecified atom stereocenters. The lowest BCUT2D eigenvalue weighted by molar-refractivity contribution is -0.119. The third-order valence-electron chi connectivity index (χ3n) is 2.75. The lowest BCUT2D eigenvalue weighted by Crippen LogP contribution is -2.37. The van der Waals surface area contributed by atoms with Crippen LogP contribution in [-0.4, -0.2) is 29.9 Å². The van der Waals surface area contributed by atoms with Gasteiger partial charge >= 0.3 is 0 Å². The van der Waals surface area contributed by atoms with Gasteiger partial charge in [-0.1, -0.05) is 24.3 Å². The van der Waals surface area contributed by atoms with Gasteiger partial charge in [0, 0.05) is 18.1 Å². The number of amides is 2. The van der Waals surface area contributed by atoms with E-state index in [9.17, 15) is 9.59 Å². The van der Waals surface area contributed by atoms with Crippen LogP contribution < -0.4 is 10.6 Å². The normalized spacial score (nSPS) is 10.0. The average Bonchev–Trinajstić information content (AvgIpc) is 2.50. The molecule has 1 heterocycles. The summed E-state index contributed by atoms with van der Waals surface area (Å²) in [5, 5.41) is 5.94. The first-order valence-electron chi connectivity index (χ1n) is 6.22. The SMILES string of the molecule is C=CCNC(=O)CNC(=O)c1ccnc2ccccc12. The number of rotatable bonds is 5.